The number of nitrogens with two attached hydrogens (primary N) is 1. The second-order valence-corrected chi connectivity index (χ2v) is 2.23. The van der Waals surface area contributed by atoms with Gasteiger partial charge in [-0.2, -0.15) is 0 Å². The lowest BCUT2D eigenvalue weighted by atomic mass is 10.3. The maximum absolute atomic E-state index is 5.60. The fourth-order valence-electron chi connectivity index (χ4n) is 0.973. The molecule has 1 aliphatic heterocycles. The van der Waals surface area contributed by atoms with Gasteiger partial charge < -0.3 is 15.2 Å². The molecule has 58 valence electrons. The minimum Gasteiger partial charge on any atom is -0.483 e. The SMILES string of the molecule is Nc1ccnc2c1OCCO2. The average Bonchev–Trinajstić information content (AvgIpc) is 2.06. The number of fused-ring (bicyclic) bond motifs is 1. The molecule has 0 saturated heterocycles. The molecular weight excluding hydrogens is 144 g/mol. The molecule has 0 saturated carbocycles. The highest BCUT2D eigenvalue weighted by Crippen LogP contribution is 2.32. The van der Waals surface area contributed by atoms with Crippen LogP contribution in [0, 0.1) is 0 Å². The predicted octanol–water partition coefficient (Wildman–Crippen LogP) is 0.435. The van der Waals surface area contributed by atoms with Crippen LogP contribution in [-0.2, 0) is 0 Å². The van der Waals surface area contributed by atoms with Crippen LogP contribution in [0.5, 0.6) is 11.6 Å². The molecule has 0 radical (unpaired) electrons. The van der Waals surface area contributed by atoms with Gasteiger partial charge in [-0.25, -0.2) is 4.98 Å². The summed E-state index contributed by atoms with van der Waals surface area (Å²) < 4.78 is 10.4. The van der Waals surface area contributed by atoms with E-state index >= 15 is 0 Å². The van der Waals surface area contributed by atoms with E-state index in [9.17, 15) is 0 Å². The van der Waals surface area contributed by atoms with E-state index in [1.54, 1.807) is 12.3 Å². The molecule has 0 spiro atoms. The molecule has 4 nitrogen and oxygen atoms in total. The first kappa shape index (κ1) is 6.27. The number of anilines is 1. The first-order valence-corrected chi connectivity index (χ1v) is 3.38. The Labute approximate surface area is 63.9 Å². The molecule has 0 atom stereocenters. The van der Waals surface area contributed by atoms with Crippen LogP contribution < -0.4 is 15.2 Å². The summed E-state index contributed by atoms with van der Waals surface area (Å²) in [5, 5.41) is 0. The van der Waals surface area contributed by atoms with Crippen LogP contribution in [0.1, 0.15) is 0 Å². The van der Waals surface area contributed by atoms with Gasteiger partial charge in [0.15, 0.2) is 0 Å². The topological polar surface area (TPSA) is 57.4 Å². The highest BCUT2D eigenvalue weighted by atomic mass is 16.6. The largest absolute Gasteiger partial charge is 0.483 e. The molecule has 4 heteroatoms. The van der Waals surface area contributed by atoms with Crippen molar-refractivity contribution in [2.75, 3.05) is 18.9 Å². The summed E-state index contributed by atoms with van der Waals surface area (Å²) in [6.45, 7) is 1.09. The molecule has 0 aliphatic carbocycles. The summed E-state index contributed by atoms with van der Waals surface area (Å²) in [4.78, 5) is 3.95. The fourth-order valence-corrected chi connectivity index (χ4v) is 0.973. The smallest absolute Gasteiger partial charge is 0.259 e. The van der Waals surface area contributed by atoms with Crippen molar-refractivity contribution in [3.8, 4) is 11.6 Å². The molecule has 0 fully saturated rings. The van der Waals surface area contributed by atoms with E-state index in [-0.39, 0.29) is 0 Å². The van der Waals surface area contributed by atoms with E-state index < -0.39 is 0 Å². The van der Waals surface area contributed by atoms with Crippen molar-refractivity contribution in [2.24, 2.45) is 0 Å². The summed E-state index contributed by atoms with van der Waals surface area (Å²) in [7, 11) is 0. The van der Waals surface area contributed by atoms with Gasteiger partial charge in [0.25, 0.3) is 5.88 Å². The zero-order chi connectivity index (χ0) is 7.68. The fraction of sp³-hybridized carbons (Fsp3) is 0.286. The highest BCUT2D eigenvalue weighted by Gasteiger charge is 2.14. The normalized spacial score (nSPS) is 14.5. The van der Waals surface area contributed by atoms with Crippen LogP contribution >= 0.6 is 0 Å². The highest BCUT2D eigenvalue weighted by molar-refractivity contribution is 5.57. The number of aromatic nitrogens is 1. The van der Waals surface area contributed by atoms with Crippen LogP contribution in [0.25, 0.3) is 0 Å². The molecule has 2 rings (SSSR count). The van der Waals surface area contributed by atoms with Crippen molar-refractivity contribution in [2.45, 2.75) is 0 Å². The summed E-state index contributed by atoms with van der Waals surface area (Å²) in [6, 6.07) is 1.69. The van der Waals surface area contributed by atoms with Crippen molar-refractivity contribution in [3.05, 3.63) is 12.3 Å². The lowest BCUT2D eigenvalue weighted by Gasteiger charge is -2.17. The molecule has 11 heavy (non-hydrogen) atoms. The molecule has 0 aromatic carbocycles. The summed E-state index contributed by atoms with van der Waals surface area (Å²) in [5.41, 5.74) is 6.17. The first-order chi connectivity index (χ1) is 5.38. The van der Waals surface area contributed by atoms with E-state index in [1.165, 1.54) is 0 Å². The van der Waals surface area contributed by atoms with E-state index in [4.69, 9.17) is 15.2 Å². The number of nitrogens with zero attached hydrogens (tertiary/aromatic N) is 1. The van der Waals surface area contributed by atoms with Gasteiger partial charge in [0.05, 0.1) is 5.69 Å². The zero-order valence-electron chi connectivity index (χ0n) is 5.91. The molecule has 0 bridgehead atoms. The Hall–Kier alpha value is -1.45. The van der Waals surface area contributed by atoms with Crippen molar-refractivity contribution in [1.82, 2.24) is 4.98 Å². The molecule has 0 amide bonds. The molecule has 1 aromatic rings. The van der Waals surface area contributed by atoms with Crippen molar-refractivity contribution in [1.29, 1.82) is 0 Å². The molecule has 1 aliphatic rings. The van der Waals surface area contributed by atoms with Gasteiger partial charge in [-0.3, -0.25) is 0 Å². The van der Waals surface area contributed by atoms with Crippen LogP contribution in [0.3, 0.4) is 0 Å². The lowest BCUT2D eigenvalue weighted by molar-refractivity contribution is 0.165. The van der Waals surface area contributed by atoms with Gasteiger partial charge in [-0.05, 0) is 6.07 Å². The van der Waals surface area contributed by atoms with Gasteiger partial charge in [-0.1, -0.05) is 0 Å². The number of ether oxygens (including phenoxy) is 2. The van der Waals surface area contributed by atoms with E-state index in [0.29, 0.717) is 30.5 Å². The Bertz CT molecular complexity index is 275. The quantitative estimate of drug-likeness (QED) is 0.585. The third-order valence-electron chi connectivity index (χ3n) is 1.47. The number of hydrogen-bond donors (Lipinski definition) is 1. The second-order valence-electron chi connectivity index (χ2n) is 2.23. The Morgan fingerprint density at radius 3 is 3.00 bits per heavy atom. The summed E-state index contributed by atoms with van der Waals surface area (Å²) >= 11 is 0. The standard InChI is InChI=1S/C7H8N2O2/c8-5-1-2-9-7-6(5)10-3-4-11-7/h1-2H,3-4H2,(H2,8,9). The zero-order valence-corrected chi connectivity index (χ0v) is 5.91. The van der Waals surface area contributed by atoms with Crippen LogP contribution in [-0.4, -0.2) is 18.2 Å². The maximum Gasteiger partial charge on any atom is 0.259 e. The Kier molecular flexibility index (Phi) is 1.31. The molecule has 1 aromatic heterocycles. The summed E-state index contributed by atoms with van der Waals surface area (Å²) in [6.07, 6.45) is 1.60. The number of rotatable bonds is 0. The monoisotopic (exact) mass is 152 g/mol. The van der Waals surface area contributed by atoms with E-state index in [1.807, 2.05) is 0 Å². The van der Waals surface area contributed by atoms with Crippen molar-refractivity contribution >= 4 is 5.69 Å². The van der Waals surface area contributed by atoms with Gasteiger partial charge in [0, 0.05) is 6.20 Å². The van der Waals surface area contributed by atoms with Crippen LogP contribution in [0.2, 0.25) is 0 Å². The minimum absolute atomic E-state index is 0.497. The molecule has 2 heterocycles. The number of nitrogen functional groups attached to an aromatic ring is 1. The van der Waals surface area contributed by atoms with E-state index in [2.05, 4.69) is 4.98 Å². The second kappa shape index (κ2) is 2.30. The third kappa shape index (κ3) is 0.960. The molecular formula is C7H8N2O2. The molecule has 2 N–H and O–H groups in total. The van der Waals surface area contributed by atoms with Crippen molar-refractivity contribution in [3.63, 3.8) is 0 Å². The number of hydrogen-bond acceptors (Lipinski definition) is 4. The lowest BCUT2D eigenvalue weighted by Crippen LogP contribution is -2.17. The summed E-state index contributed by atoms with van der Waals surface area (Å²) in [5.74, 6) is 1.06. The van der Waals surface area contributed by atoms with Gasteiger partial charge >= 0.3 is 0 Å². The van der Waals surface area contributed by atoms with Gasteiger partial charge in [0.2, 0.25) is 5.75 Å². The predicted molar refractivity (Wildman–Crippen MR) is 39.6 cm³/mol. The number of pyridine rings is 1. The maximum atomic E-state index is 5.60. The third-order valence-corrected chi connectivity index (χ3v) is 1.47. The Morgan fingerprint density at radius 2 is 2.18 bits per heavy atom. The van der Waals surface area contributed by atoms with Crippen LogP contribution in [0.4, 0.5) is 5.69 Å². The van der Waals surface area contributed by atoms with Gasteiger partial charge in [0.1, 0.15) is 13.2 Å². The van der Waals surface area contributed by atoms with Crippen LogP contribution in [0.15, 0.2) is 12.3 Å². The molecule has 0 unspecified atom stereocenters. The van der Waals surface area contributed by atoms with E-state index in [0.717, 1.165) is 0 Å². The first-order valence-electron chi connectivity index (χ1n) is 3.38. The Balaban J connectivity index is 2.49. The average molecular weight is 152 g/mol. The Morgan fingerprint density at radius 1 is 1.36 bits per heavy atom. The van der Waals surface area contributed by atoms with Crippen molar-refractivity contribution < 1.29 is 9.47 Å². The minimum atomic E-state index is 0.497. The van der Waals surface area contributed by atoms with Gasteiger partial charge in [-0.15, -0.1) is 0 Å².